The number of carbonyl (C=O) groups is 3. The van der Waals surface area contributed by atoms with Crippen molar-refractivity contribution in [2.24, 2.45) is 0 Å². The van der Waals surface area contributed by atoms with Crippen molar-refractivity contribution >= 4 is 53.2 Å². The molecule has 6 heterocycles. The lowest BCUT2D eigenvalue weighted by Gasteiger charge is -2.44. The number of aliphatic carboxylic acids is 3. The fourth-order valence-electron chi connectivity index (χ4n) is 17.7. The SMILES string of the molecule is CCn1cc(-c2ccc3c(c2)CC(C)N(c2ccc(C4CC4)cc2)C3c2c(F)cc(/C=C/C(=O)O)cc2F)cn1.CCn1cc(-c2ccc3c(c2)C[C@@H](C)N(c2ccc(C4CC4)cc2)[C@@H]3c2c(F)cc(/C=C/C(=O)O)cc2F)cn1.CCn1cc(-c2ccc3c(c2)C[C@H](C)N(c2ccc(C4CC4)cc2)[C@H]3c2c(F)cc(/C=C/C(=O)O)cc2F)cn1. The van der Waals surface area contributed by atoms with Crippen LogP contribution in [0.5, 0.6) is 0 Å². The lowest BCUT2D eigenvalue weighted by Crippen LogP contribution is -2.43. The monoisotopic (exact) mass is 1620 g/mol. The molecule has 0 radical (unpaired) electrons. The van der Waals surface area contributed by atoms with E-state index in [1.165, 1.54) is 110 Å². The Bertz CT molecular complexity index is 5320. The summed E-state index contributed by atoms with van der Waals surface area (Å²) in [4.78, 5) is 39.2. The van der Waals surface area contributed by atoms with Crippen molar-refractivity contribution < 1.29 is 56.0 Å². The third kappa shape index (κ3) is 17.3. The van der Waals surface area contributed by atoms with Crippen molar-refractivity contribution in [2.45, 2.75) is 173 Å². The second kappa shape index (κ2) is 34.3. The van der Waals surface area contributed by atoms with E-state index in [9.17, 15) is 14.4 Å². The van der Waals surface area contributed by atoms with Crippen molar-refractivity contribution in [2.75, 3.05) is 14.7 Å². The Morgan fingerprint density at radius 2 is 0.592 bits per heavy atom. The number of fused-ring (bicyclic) bond motifs is 3. The lowest BCUT2D eigenvalue weighted by molar-refractivity contribution is -0.132. The molecule has 15 nitrogen and oxygen atoms in total. The Hall–Kier alpha value is -12.8. The first kappa shape index (κ1) is 81.0. The molecule has 6 atom stereocenters. The van der Waals surface area contributed by atoms with E-state index in [4.69, 9.17) is 15.3 Å². The number of halogens is 6. The zero-order chi connectivity index (χ0) is 83.9. The van der Waals surface area contributed by atoms with Crippen molar-refractivity contribution in [1.29, 1.82) is 0 Å². The number of carboxylic acid groups (broad SMARTS) is 3. The molecule has 3 aliphatic heterocycles. The van der Waals surface area contributed by atoms with Crippen molar-refractivity contribution in [3.63, 3.8) is 0 Å². The Kier molecular flexibility index (Phi) is 23.1. The Balaban J connectivity index is 0.000000134. The molecular formula is C99H93F6N9O6. The minimum absolute atomic E-state index is 0.0386. The smallest absolute Gasteiger partial charge is 0.328 e. The highest BCUT2D eigenvalue weighted by Crippen LogP contribution is 2.51. The molecule has 3 N–H and O–H groups in total. The van der Waals surface area contributed by atoms with E-state index < -0.39 is 70.9 Å². The van der Waals surface area contributed by atoms with Crippen LogP contribution in [-0.2, 0) is 53.3 Å². The summed E-state index contributed by atoms with van der Waals surface area (Å²) in [5.41, 5.74) is 18.7. The van der Waals surface area contributed by atoms with Crippen molar-refractivity contribution in [3.05, 3.63) is 338 Å². The van der Waals surface area contributed by atoms with Gasteiger partial charge < -0.3 is 30.0 Å². The Morgan fingerprint density at radius 3 is 0.800 bits per heavy atom. The molecule has 3 saturated carbocycles. The van der Waals surface area contributed by atoms with Gasteiger partial charge in [-0.2, -0.15) is 15.3 Å². The van der Waals surface area contributed by atoms with Crippen LogP contribution in [0.15, 0.2) is 219 Å². The van der Waals surface area contributed by atoms with E-state index in [2.05, 4.69) is 142 Å². The van der Waals surface area contributed by atoms with Crippen LogP contribution in [0.1, 0.15) is 199 Å². The van der Waals surface area contributed by atoms with Crippen LogP contribution in [-0.4, -0.2) is 80.7 Å². The Labute approximate surface area is 693 Å². The summed E-state index contributed by atoms with van der Waals surface area (Å²) in [6.07, 6.45) is 27.1. The molecule has 2 unspecified atom stereocenters. The summed E-state index contributed by atoms with van der Waals surface area (Å²) in [7, 11) is 0. The minimum atomic E-state index is -1.18. The second-order valence-corrected chi connectivity index (χ2v) is 32.4. The van der Waals surface area contributed by atoms with E-state index in [1.807, 2.05) is 108 Å². The van der Waals surface area contributed by atoms with Crippen LogP contribution >= 0.6 is 0 Å². The standard InChI is InChI=1S/3C33H31F2N3O2/c3*1-3-37-19-26(18-36-37)24-9-12-28-25(17-24)14-20(2)38(27-10-7-23(8-11-27)22-5-6-22)33(28)32-29(34)15-21(16-30(32)35)4-13-31(39)40/h3*4,7-13,15-20,22,33H,3,5-6,14H2,1-2H3,(H,39,40)/b3*13-4+/t2*20-,33+;/m10./s1. The van der Waals surface area contributed by atoms with E-state index in [1.54, 1.807) is 0 Å². The molecule has 12 aromatic rings. The topological polar surface area (TPSA) is 175 Å². The molecule has 0 bridgehead atoms. The van der Waals surface area contributed by atoms with Gasteiger partial charge in [0.2, 0.25) is 0 Å². The molecule has 6 aliphatic rings. The fraction of sp³-hybridized carbons (Fsp3) is 0.273. The van der Waals surface area contributed by atoms with Crippen LogP contribution in [0, 0.1) is 34.9 Å². The Morgan fingerprint density at radius 1 is 0.350 bits per heavy atom. The quantitative estimate of drug-likeness (QED) is 0.0459. The van der Waals surface area contributed by atoms with E-state index in [0.717, 1.165) is 122 Å². The van der Waals surface area contributed by atoms with Crippen LogP contribution in [0.4, 0.5) is 43.4 Å². The first-order valence-electron chi connectivity index (χ1n) is 41.3. The second-order valence-electron chi connectivity index (χ2n) is 32.4. The van der Waals surface area contributed by atoms with E-state index >= 15 is 26.3 Å². The van der Waals surface area contributed by atoms with Gasteiger partial charge in [0.05, 0.1) is 53.4 Å². The third-order valence-corrected chi connectivity index (χ3v) is 24.1. The van der Waals surface area contributed by atoms with Gasteiger partial charge in [-0.1, -0.05) is 91.0 Å². The summed E-state index contributed by atoms with van der Waals surface area (Å²) in [6, 6.07) is 48.5. The average Bonchev–Trinajstić information content (AvgIpc) is 0.897. The van der Waals surface area contributed by atoms with Gasteiger partial charge in [0.25, 0.3) is 0 Å². The summed E-state index contributed by atoms with van der Waals surface area (Å²) in [6.45, 7) is 14.7. The fourth-order valence-corrected chi connectivity index (χ4v) is 17.7. The number of hydrogen-bond acceptors (Lipinski definition) is 9. The number of rotatable bonds is 21. The maximum Gasteiger partial charge on any atom is 0.328 e. The van der Waals surface area contributed by atoms with Crippen LogP contribution in [0.3, 0.4) is 0 Å². The molecule has 612 valence electrons. The van der Waals surface area contributed by atoms with Crippen LogP contribution in [0.2, 0.25) is 0 Å². The molecule has 3 aliphatic carbocycles. The summed E-state index contributed by atoms with van der Waals surface area (Å²) < 4.78 is 101. The highest BCUT2D eigenvalue weighted by molar-refractivity contribution is 5.87. The van der Waals surface area contributed by atoms with E-state index in [0.29, 0.717) is 37.0 Å². The summed E-state index contributed by atoms with van der Waals surface area (Å²) in [5.74, 6) is -5.94. The number of hydrogen-bond donors (Lipinski definition) is 3. The molecule has 18 rings (SSSR count). The number of carboxylic acids is 3. The number of nitrogens with zero attached hydrogens (tertiary/aromatic N) is 9. The largest absolute Gasteiger partial charge is 0.478 e. The average molecular weight is 1620 g/mol. The molecule has 21 heteroatoms. The van der Waals surface area contributed by atoms with Gasteiger partial charge >= 0.3 is 17.9 Å². The molecule has 0 amide bonds. The molecule has 9 aromatic carbocycles. The zero-order valence-electron chi connectivity index (χ0n) is 67.6. The molecule has 120 heavy (non-hydrogen) atoms. The summed E-state index contributed by atoms with van der Waals surface area (Å²) >= 11 is 0. The van der Waals surface area contributed by atoms with Gasteiger partial charge in [-0.25, -0.2) is 40.7 Å². The number of aromatic nitrogens is 6. The van der Waals surface area contributed by atoms with Gasteiger partial charge in [0.15, 0.2) is 0 Å². The maximum absolute atomic E-state index is 15.8. The van der Waals surface area contributed by atoms with E-state index in [-0.39, 0.29) is 51.5 Å². The molecule has 3 fully saturated rings. The number of aryl methyl sites for hydroxylation is 3. The van der Waals surface area contributed by atoms with Crippen LogP contribution in [0.25, 0.3) is 51.6 Å². The third-order valence-electron chi connectivity index (χ3n) is 24.1. The lowest BCUT2D eigenvalue weighted by atomic mass is 9.82. The van der Waals surface area contributed by atoms with Crippen molar-refractivity contribution in [1.82, 2.24) is 29.3 Å². The molecular weight excluding hydrogens is 1530 g/mol. The first-order valence-corrected chi connectivity index (χ1v) is 41.3. The van der Waals surface area contributed by atoms with Gasteiger partial charge in [-0.3, -0.25) is 14.0 Å². The summed E-state index contributed by atoms with van der Waals surface area (Å²) in [5, 5.41) is 40.1. The first-order chi connectivity index (χ1) is 58.0. The van der Waals surface area contributed by atoms with Gasteiger partial charge in [0, 0.05) is 108 Å². The molecule has 0 spiro atoms. The molecule has 0 saturated heterocycles. The minimum Gasteiger partial charge on any atom is -0.478 e. The van der Waals surface area contributed by atoms with Gasteiger partial charge in [-0.05, 0) is 292 Å². The number of anilines is 3. The zero-order valence-corrected chi connectivity index (χ0v) is 67.6. The van der Waals surface area contributed by atoms with Gasteiger partial charge in [-0.15, -0.1) is 0 Å². The number of benzene rings is 9. The van der Waals surface area contributed by atoms with Crippen LogP contribution < -0.4 is 14.7 Å². The highest BCUT2D eigenvalue weighted by atomic mass is 19.2. The highest BCUT2D eigenvalue weighted by Gasteiger charge is 2.42. The molecule has 3 aromatic heterocycles. The predicted octanol–water partition coefficient (Wildman–Crippen LogP) is 22.1. The normalized spacial score (nSPS) is 18.8. The maximum atomic E-state index is 15.8. The van der Waals surface area contributed by atoms with Crippen molar-refractivity contribution in [3.8, 4) is 33.4 Å². The van der Waals surface area contributed by atoms with Gasteiger partial charge in [0.1, 0.15) is 34.9 Å². The predicted molar refractivity (Wildman–Crippen MR) is 457 cm³/mol.